The first kappa shape index (κ1) is 14.4. The lowest BCUT2D eigenvalue weighted by Gasteiger charge is -2.25. The average Bonchev–Trinajstić information content (AvgIpc) is 3.14. The number of anilines is 2. The molecule has 7 heteroatoms. The van der Waals surface area contributed by atoms with E-state index in [1.165, 1.54) is 24.2 Å². The van der Waals surface area contributed by atoms with Gasteiger partial charge in [0.05, 0.1) is 0 Å². The molecule has 1 atom stereocenters. The molecule has 1 unspecified atom stereocenters. The molecule has 1 saturated heterocycles. The maximum atomic E-state index is 12.5. The van der Waals surface area contributed by atoms with Crippen LogP contribution >= 0.6 is 11.3 Å². The summed E-state index contributed by atoms with van der Waals surface area (Å²) in [6.45, 7) is 0.909. The maximum absolute atomic E-state index is 12.5. The lowest BCUT2D eigenvalue weighted by Crippen LogP contribution is -2.45. The molecule has 0 radical (unpaired) electrons. The first-order chi connectivity index (χ1) is 11.3. The number of hydrogen-bond donors (Lipinski definition) is 2. The third-order valence-corrected chi connectivity index (χ3v) is 5.30. The zero-order valence-electron chi connectivity index (χ0n) is 12.7. The van der Waals surface area contributed by atoms with Gasteiger partial charge in [0.1, 0.15) is 11.0 Å². The molecule has 6 nitrogen and oxygen atoms in total. The van der Waals surface area contributed by atoms with Crippen LogP contribution in [0.4, 0.5) is 10.8 Å². The Kier molecular flexibility index (Phi) is 3.87. The van der Waals surface area contributed by atoms with Crippen molar-refractivity contribution in [1.82, 2.24) is 15.6 Å². The first-order valence-electron chi connectivity index (χ1n) is 8.02. The van der Waals surface area contributed by atoms with Crippen molar-refractivity contribution in [2.75, 3.05) is 16.9 Å². The van der Waals surface area contributed by atoms with Crippen molar-refractivity contribution in [3.05, 3.63) is 35.3 Å². The Balaban J connectivity index is 1.37. The quantitative estimate of drug-likeness (QED) is 0.825. The zero-order valence-corrected chi connectivity index (χ0v) is 13.6. The van der Waals surface area contributed by atoms with Crippen LogP contribution < -0.4 is 15.8 Å². The van der Waals surface area contributed by atoms with E-state index in [1.54, 1.807) is 0 Å². The molecule has 1 aliphatic carbocycles. The molecule has 23 heavy (non-hydrogen) atoms. The molecule has 0 spiro atoms. The molecule has 1 aliphatic heterocycles. The molecule has 1 aromatic carbocycles. The Hall–Kier alpha value is -2.15. The summed E-state index contributed by atoms with van der Waals surface area (Å²) in [7, 11) is 0. The highest BCUT2D eigenvalue weighted by molar-refractivity contribution is 7.15. The van der Waals surface area contributed by atoms with E-state index >= 15 is 0 Å². The second-order valence-electron chi connectivity index (χ2n) is 6.02. The molecular weight excluding hydrogens is 310 g/mol. The van der Waals surface area contributed by atoms with Crippen LogP contribution in [-0.4, -0.2) is 28.7 Å². The number of rotatable bonds is 5. The van der Waals surface area contributed by atoms with E-state index in [2.05, 4.69) is 25.9 Å². The minimum absolute atomic E-state index is 0.0190. The number of para-hydroxylation sites is 1. The highest BCUT2D eigenvalue weighted by Crippen LogP contribution is 2.41. The topological polar surface area (TPSA) is 70.1 Å². The summed E-state index contributed by atoms with van der Waals surface area (Å²) < 4.78 is 0. The van der Waals surface area contributed by atoms with Crippen molar-refractivity contribution in [3.8, 4) is 0 Å². The van der Waals surface area contributed by atoms with Crippen molar-refractivity contribution >= 4 is 28.1 Å². The van der Waals surface area contributed by atoms with Crippen molar-refractivity contribution < 1.29 is 4.79 Å². The number of nitrogens with zero attached hydrogens (tertiary/aromatic N) is 3. The molecule has 0 bridgehead atoms. The number of hydrogen-bond acceptors (Lipinski definition) is 6. The number of hydrazine groups is 1. The van der Waals surface area contributed by atoms with Gasteiger partial charge in [-0.3, -0.25) is 15.6 Å². The van der Waals surface area contributed by atoms with Crippen LogP contribution in [0.3, 0.4) is 0 Å². The van der Waals surface area contributed by atoms with E-state index < -0.39 is 0 Å². The van der Waals surface area contributed by atoms with E-state index in [-0.39, 0.29) is 11.9 Å². The van der Waals surface area contributed by atoms with Gasteiger partial charge in [-0.1, -0.05) is 29.5 Å². The van der Waals surface area contributed by atoms with E-state index in [1.807, 2.05) is 30.3 Å². The normalized spacial score (nSPS) is 20.5. The molecule has 2 aromatic rings. The molecule has 120 valence electrons. The molecule has 1 saturated carbocycles. The van der Waals surface area contributed by atoms with Crippen molar-refractivity contribution in [2.24, 2.45) is 0 Å². The van der Waals surface area contributed by atoms with E-state index in [0.717, 1.165) is 30.1 Å². The molecule has 1 aromatic heterocycles. The second kappa shape index (κ2) is 6.16. The van der Waals surface area contributed by atoms with Gasteiger partial charge in [-0.05, 0) is 37.8 Å². The number of amides is 1. The highest BCUT2D eigenvalue weighted by atomic mass is 32.1. The fraction of sp³-hybridized carbons (Fsp3) is 0.438. The second-order valence-corrected chi connectivity index (χ2v) is 7.03. The standard InChI is InChI=1S/C16H19N5OS/c22-14(17-19-16-20-18-15(23-16)11-8-9-11)13-7-4-10-21(13)12-5-2-1-3-6-12/h1-3,5-6,11,13H,4,7-10H2,(H,17,22)(H,19,20). The summed E-state index contributed by atoms with van der Waals surface area (Å²) in [4.78, 5) is 14.7. The van der Waals surface area contributed by atoms with Gasteiger partial charge in [0, 0.05) is 18.2 Å². The van der Waals surface area contributed by atoms with Gasteiger partial charge in [-0.15, -0.1) is 10.2 Å². The van der Waals surface area contributed by atoms with Crippen LogP contribution in [0.1, 0.15) is 36.6 Å². The Morgan fingerprint density at radius 1 is 1.17 bits per heavy atom. The third kappa shape index (κ3) is 3.14. The van der Waals surface area contributed by atoms with Crippen LogP contribution in [0, 0.1) is 0 Å². The minimum Gasteiger partial charge on any atom is -0.359 e. The predicted octanol–water partition coefficient (Wildman–Crippen LogP) is 2.53. The third-order valence-electron chi connectivity index (χ3n) is 4.30. The van der Waals surface area contributed by atoms with E-state index in [9.17, 15) is 4.79 Å². The number of benzene rings is 1. The molecule has 1 amide bonds. The summed E-state index contributed by atoms with van der Waals surface area (Å²) in [5.74, 6) is 0.566. The van der Waals surface area contributed by atoms with Crippen LogP contribution in [-0.2, 0) is 4.79 Å². The molecule has 2 aliphatic rings. The zero-order chi connectivity index (χ0) is 15.6. The number of carbonyl (C=O) groups is 1. The summed E-state index contributed by atoms with van der Waals surface area (Å²) in [6.07, 6.45) is 4.30. The molecule has 4 rings (SSSR count). The van der Waals surface area contributed by atoms with Gasteiger partial charge in [0.15, 0.2) is 0 Å². The van der Waals surface area contributed by atoms with Crippen molar-refractivity contribution in [1.29, 1.82) is 0 Å². The van der Waals surface area contributed by atoms with Crippen LogP contribution in [0.25, 0.3) is 0 Å². The van der Waals surface area contributed by atoms with Crippen LogP contribution in [0.5, 0.6) is 0 Å². The fourth-order valence-electron chi connectivity index (χ4n) is 2.95. The summed E-state index contributed by atoms with van der Waals surface area (Å²) in [6, 6.07) is 9.95. The SMILES string of the molecule is O=C(NNc1nnc(C2CC2)s1)C1CCCN1c1ccccc1. The van der Waals surface area contributed by atoms with Gasteiger partial charge in [0.2, 0.25) is 5.13 Å². The predicted molar refractivity (Wildman–Crippen MR) is 90.5 cm³/mol. The molecule has 2 heterocycles. The summed E-state index contributed by atoms with van der Waals surface area (Å²) in [5.41, 5.74) is 6.80. The summed E-state index contributed by atoms with van der Waals surface area (Å²) in [5, 5.41) is 9.96. The highest BCUT2D eigenvalue weighted by Gasteiger charge is 2.31. The Morgan fingerprint density at radius 3 is 2.78 bits per heavy atom. The number of carbonyl (C=O) groups excluding carboxylic acids is 1. The largest absolute Gasteiger partial charge is 0.359 e. The van der Waals surface area contributed by atoms with Crippen LogP contribution in [0.15, 0.2) is 30.3 Å². The molecule has 2 fully saturated rings. The minimum atomic E-state index is -0.138. The molecule has 2 N–H and O–H groups in total. The number of aromatic nitrogens is 2. The average molecular weight is 329 g/mol. The van der Waals surface area contributed by atoms with Gasteiger partial charge in [0.25, 0.3) is 5.91 Å². The van der Waals surface area contributed by atoms with E-state index in [4.69, 9.17) is 0 Å². The lowest BCUT2D eigenvalue weighted by molar-refractivity contribution is -0.121. The lowest BCUT2D eigenvalue weighted by atomic mass is 10.2. The van der Waals surface area contributed by atoms with Gasteiger partial charge in [-0.2, -0.15) is 0 Å². The van der Waals surface area contributed by atoms with Gasteiger partial charge >= 0.3 is 0 Å². The van der Waals surface area contributed by atoms with Crippen molar-refractivity contribution in [2.45, 2.75) is 37.6 Å². The van der Waals surface area contributed by atoms with Gasteiger partial charge in [-0.25, -0.2) is 0 Å². The van der Waals surface area contributed by atoms with Crippen molar-refractivity contribution in [3.63, 3.8) is 0 Å². The maximum Gasteiger partial charge on any atom is 0.261 e. The first-order valence-corrected chi connectivity index (χ1v) is 8.84. The molecular formula is C16H19N5OS. The summed E-state index contributed by atoms with van der Waals surface area (Å²) >= 11 is 1.52. The Labute approximate surface area is 138 Å². The van der Waals surface area contributed by atoms with Crippen LogP contribution in [0.2, 0.25) is 0 Å². The Morgan fingerprint density at radius 2 is 2.00 bits per heavy atom. The number of nitrogens with one attached hydrogen (secondary N) is 2. The van der Waals surface area contributed by atoms with E-state index in [0.29, 0.717) is 11.0 Å². The van der Waals surface area contributed by atoms with Gasteiger partial charge < -0.3 is 4.90 Å². The Bertz CT molecular complexity index is 685. The monoisotopic (exact) mass is 329 g/mol. The fourth-order valence-corrected chi connectivity index (χ4v) is 3.81. The smallest absolute Gasteiger partial charge is 0.261 e.